The number of aromatic amines is 1. The van der Waals surface area contributed by atoms with Crippen molar-refractivity contribution >= 4 is 28.6 Å². The standard InChI is InChI=1S/C31H37ClFN7O2/c1-18(2)4-3-5-19-12-24(28(33)25(32)13-19)26-14-21-15-40(31(41)39-29(21)38-26)23-8-6-20(7-9-23)27-17-42-16-22(37-27)10-11-36-30(34)35/h6-9,12-15,18,22,27,37H,3-5,10-11,16-17H2,1-2H3,(H4,34,35,36)(H,38,39,41)/t22-,27+/m1/s1. The van der Waals surface area contributed by atoms with Gasteiger partial charge in [0.05, 0.1) is 35.7 Å². The van der Waals surface area contributed by atoms with E-state index in [1.165, 1.54) is 4.57 Å². The van der Waals surface area contributed by atoms with Crippen LogP contribution in [0.3, 0.4) is 0 Å². The number of ether oxygens (including phenoxy) is 1. The average Bonchev–Trinajstić information content (AvgIpc) is 3.37. The molecule has 0 radical (unpaired) electrons. The van der Waals surface area contributed by atoms with E-state index >= 15 is 4.39 Å². The highest BCUT2D eigenvalue weighted by molar-refractivity contribution is 6.31. The Bertz CT molecular complexity index is 1630. The van der Waals surface area contributed by atoms with Gasteiger partial charge in [0.2, 0.25) is 0 Å². The van der Waals surface area contributed by atoms with Crippen molar-refractivity contribution in [3.05, 3.63) is 81.1 Å². The van der Waals surface area contributed by atoms with Crippen LogP contribution in [0.5, 0.6) is 0 Å². The third kappa shape index (κ3) is 7.00. The van der Waals surface area contributed by atoms with Crippen LogP contribution >= 0.6 is 11.6 Å². The second kappa shape index (κ2) is 13.1. The molecule has 0 amide bonds. The van der Waals surface area contributed by atoms with Gasteiger partial charge in [0.1, 0.15) is 5.65 Å². The summed E-state index contributed by atoms with van der Waals surface area (Å²) in [5.74, 6) is 0.180. The average molecular weight is 594 g/mol. The maximum Gasteiger partial charge on any atom is 0.354 e. The van der Waals surface area contributed by atoms with Gasteiger partial charge >= 0.3 is 5.69 Å². The highest BCUT2D eigenvalue weighted by Gasteiger charge is 2.23. The SMILES string of the molecule is CC(C)CCCc1cc(Cl)c(F)c(-c2cc3cn(-c4ccc([C@@H]5COC[C@@H](CCN=C(N)N)N5)cc4)c(=O)nc3[nH]2)c1. The first-order valence-corrected chi connectivity index (χ1v) is 14.7. The van der Waals surface area contributed by atoms with E-state index in [0.717, 1.165) is 36.8 Å². The van der Waals surface area contributed by atoms with Gasteiger partial charge in [0, 0.05) is 29.7 Å². The number of aromatic nitrogens is 3. The third-order valence-corrected chi connectivity index (χ3v) is 7.79. The van der Waals surface area contributed by atoms with Crippen molar-refractivity contribution < 1.29 is 9.13 Å². The van der Waals surface area contributed by atoms with Gasteiger partial charge in [-0.2, -0.15) is 4.98 Å². The molecule has 5 rings (SSSR count). The van der Waals surface area contributed by atoms with Gasteiger partial charge in [-0.3, -0.25) is 9.56 Å². The number of nitrogens with one attached hydrogen (secondary N) is 2. The van der Waals surface area contributed by atoms with E-state index in [2.05, 4.69) is 34.1 Å². The van der Waals surface area contributed by atoms with Crippen molar-refractivity contribution in [2.75, 3.05) is 19.8 Å². The Labute approximate surface area is 249 Å². The monoisotopic (exact) mass is 593 g/mol. The summed E-state index contributed by atoms with van der Waals surface area (Å²) >= 11 is 6.26. The summed E-state index contributed by atoms with van der Waals surface area (Å²) in [6.07, 6.45) is 5.36. The molecule has 1 saturated heterocycles. The summed E-state index contributed by atoms with van der Waals surface area (Å²) in [6.45, 7) is 6.02. The van der Waals surface area contributed by atoms with E-state index in [1.807, 2.05) is 30.3 Å². The minimum absolute atomic E-state index is 0.00409. The summed E-state index contributed by atoms with van der Waals surface area (Å²) in [7, 11) is 0. The number of nitrogens with two attached hydrogens (primary N) is 2. The molecular formula is C31H37ClFN7O2. The molecule has 2 aromatic carbocycles. The molecule has 1 aliphatic heterocycles. The maximum absolute atomic E-state index is 15.1. The second-order valence-corrected chi connectivity index (χ2v) is 11.7. The Morgan fingerprint density at radius 1 is 1.21 bits per heavy atom. The lowest BCUT2D eigenvalue weighted by atomic mass is 10.00. The summed E-state index contributed by atoms with van der Waals surface area (Å²) in [5.41, 5.74) is 14.4. The molecule has 9 nitrogen and oxygen atoms in total. The number of guanidine groups is 1. The first-order chi connectivity index (χ1) is 20.2. The van der Waals surface area contributed by atoms with Crippen LogP contribution in [0.25, 0.3) is 28.0 Å². The zero-order valence-electron chi connectivity index (χ0n) is 23.9. The molecule has 42 heavy (non-hydrogen) atoms. The number of hydrogen-bond donors (Lipinski definition) is 4. The predicted octanol–water partition coefficient (Wildman–Crippen LogP) is 4.85. The predicted molar refractivity (Wildman–Crippen MR) is 166 cm³/mol. The fraction of sp³-hybridized carbons (Fsp3) is 0.387. The number of aryl methyl sites for hydroxylation is 1. The van der Waals surface area contributed by atoms with E-state index in [4.69, 9.17) is 27.8 Å². The molecule has 0 unspecified atom stereocenters. The van der Waals surface area contributed by atoms with Crippen LogP contribution in [0.15, 0.2) is 58.4 Å². The molecule has 2 aromatic heterocycles. The lowest BCUT2D eigenvalue weighted by Crippen LogP contribution is -2.44. The minimum atomic E-state index is -0.500. The molecule has 0 bridgehead atoms. The van der Waals surface area contributed by atoms with Crippen molar-refractivity contribution in [2.45, 2.75) is 51.6 Å². The van der Waals surface area contributed by atoms with Crippen LogP contribution in [0.4, 0.5) is 4.39 Å². The molecule has 6 N–H and O–H groups in total. The zero-order chi connectivity index (χ0) is 29.8. The first kappa shape index (κ1) is 29.8. The molecule has 1 aliphatic rings. The Morgan fingerprint density at radius 3 is 2.74 bits per heavy atom. The van der Waals surface area contributed by atoms with Gasteiger partial charge in [-0.25, -0.2) is 9.18 Å². The highest BCUT2D eigenvalue weighted by Crippen LogP contribution is 2.31. The van der Waals surface area contributed by atoms with Crippen LogP contribution in [0.2, 0.25) is 5.02 Å². The fourth-order valence-corrected chi connectivity index (χ4v) is 5.55. The van der Waals surface area contributed by atoms with Crippen LogP contribution in [0, 0.1) is 11.7 Å². The van der Waals surface area contributed by atoms with E-state index in [0.29, 0.717) is 53.7 Å². The Morgan fingerprint density at radius 2 is 2.00 bits per heavy atom. The number of halogens is 2. The fourth-order valence-electron chi connectivity index (χ4n) is 5.31. The van der Waals surface area contributed by atoms with Crippen LogP contribution in [-0.2, 0) is 11.2 Å². The first-order valence-electron chi connectivity index (χ1n) is 14.3. The molecule has 11 heteroatoms. The van der Waals surface area contributed by atoms with E-state index in [9.17, 15) is 4.79 Å². The van der Waals surface area contributed by atoms with Gasteiger partial charge < -0.3 is 26.5 Å². The topological polar surface area (TPSA) is 136 Å². The quantitative estimate of drug-likeness (QED) is 0.153. The lowest BCUT2D eigenvalue weighted by Gasteiger charge is -2.31. The number of nitrogens with zero attached hydrogens (tertiary/aromatic N) is 3. The third-order valence-electron chi connectivity index (χ3n) is 7.52. The molecule has 0 aliphatic carbocycles. The van der Waals surface area contributed by atoms with E-state index in [1.54, 1.807) is 18.3 Å². The molecule has 4 aromatic rings. The Balaban J connectivity index is 1.35. The van der Waals surface area contributed by atoms with Crippen LogP contribution < -0.4 is 22.5 Å². The number of fused-ring (bicyclic) bond motifs is 1. The maximum atomic E-state index is 15.1. The molecular weight excluding hydrogens is 557 g/mol. The number of morpholine rings is 1. The van der Waals surface area contributed by atoms with Gasteiger partial charge in [0.15, 0.2) is 11.8 Å². The minimum Gasteiger partial charge on any atom is -0.378 e. The van der Waals surface area contributed by atoms with Crippen LogP contribution in [0.1, 0.15) is 50.3 Å². The normalized spacial score (nSPS) is 17.2. The van der Waals surface area contributed by atoms with Gasteiger partial charge in [-0.1, -0.05) is 44.0 Å². The van der Waals surface area contributed by atoms with Crippen molar-refractivity contribution in [1.29, 1.82) is 0 Å². The van der Waals surface area contributed by atoms with Crippen LogP contribution in [-0.4, -0.2) is 46.3 Å². The number of hydrogen-bond acceptors (Lipinski definition) is 5. The Hall–Kier alpha value is -3.73. The van der Waals surface area contributed by atoms with E-state index in [-0.39, 0.29) is 23.1 Å². The van der Waals surface area contributed by atoms with Crippen molar-refractivity contribution in [3.63, 3.8) is 0 Å². The molecule has 2 atom stereocenters. The number of benzene rings is 2. The van der Waals surface area contributed by atoms with Gasteiger partial charge in [-0.05, 0) is 66.6 Å². The molecule has 0 spiro atoms. The number of rotatable bonds is 10. The lowest BCUT2D eigenvalue weighted by molar-refractivity contribution is 0.0434. The smallest absolute Gasteiger partial charge is 0.354 e. The molecule has 3 heterocycles. The molecule has 222 valence electrons. The van der Waals surface area contributed by atoms with Gasteiger partial charge in [0.25, 0.3) is 0 Å². The van der Waals surface area contributed by atoms with Crippen molar-refractivity contribution in [3.8, 4) is 16.9 Å². The zero-order valence-corrected chi connectivity index (χ0v) is 24.6. The molecule has 0 saturated carbocycles. The van der Waals surface area contributed by atoms with Crippen molar-refractivity contribution in [2.24, 2.45) is 22.4 Å². The Kier molecular flexibility index (Phi) is 9.25. The number of aliphatic imine (C=N–C) groups is 1. The molecule has 1 fully saturated rings. The van der Waals surface area contributed by atoms with Crippen molar-refractivity contribution in [1.82, 2.24) is 19.9 Å². The second-order valence-electron chi connectivity index (χ2n) is 11.2. The number of H-pyrrole nitrogens is 1. The highest BCUT2D eigenvalue weighted by atomic mass is 35.5. The largest absolute Gasteiger partial charge is 0.378 e. The summed E-state index contributed by atoms with van der Waals surface area (Å²) in [5, 5.41) is 4.34. The summed E-state index contributed by atoms with van der Waals surface area (Å²) < 4.78 is 22.4. The van der Waals surface area contributed by atoms with Gasteiger partial charge in [-0.15, -0.1) is 0 Å². The van der Waals surface area contributed by atoms with E-state index < -0.39 is 11.5 Å². The summed E-state index contributed by atoms with van der Waals surface area (Å²) in [6, 6.07) is 13.1. The summed E-state index contributed by atoms with van der Waals surface area (Å²) in [4.78, 5) is 24.4.